The van der Waals surface area contributed by atoms with Crippen molar-refractivity contribution in [2.75, 3.05) is 12.0 Å². The number of hydrogen-bond donors (Lipinski definition) is 1. The van der Waals surface area contributed by atoms with E-state index in [1.54, 1.807) is 18.7 Å². The SMILES string of the molecule is CS[13CH2][13CH](C)[13C](=O)O. The van der Waals surface area contributed by atoms with Crippen LogP contribution in [0.1, 0.15) is 6.92 Å². The second-order valence-electron chi connectivity index (χ2n) is 1.69. The normalized spacial score (nSPS) is 13.2. The maximum absolute atomic E-state index is 10.1. The van der Waals surface area contributed by atoms with Gasteiger partial charge in [0.05, 0.1) is 5.92 Å². The number of rotatable bonds is 3. The largest absolute Gasteiger partial charge is 0.481 e. The molecule has 0 amide bonds. The zero-order chi connectivity index (χ0) is 6.57. The van der Waals surface area contributed by atoms with Crippen LogP contribution in [0.4, 0.5) is 0 Å². The average molecular weight is 137 g/mol. The van der Waals surface area contributed by atoms with Gasteiger partial charge in [-0.1, -0.05) is 6.92 Å². The van der Waals surface area contributed by atoms with Crippen molar-refractivity contribution in [3.8, 4) is 0 Å². The molecule has 0 aliphatic heterocycles. The van der Waals surface area contributed by atoms with Crippen molar-refractivity contribution < 1.29 is 9.90 Å². The first-order chi connectivity index (χ1) is 3.68. The summed E-state index contributed by atoms with van der Waals surface area (Å²) < 4.78 is 0. The minimum atomic E-state index is -0.709. The minimum absolute atomic E-state index is 0.204. The van der Waals surface area contributed by atoms with Gasteiger partial charge in [-0.25, -0.2) is 0 Å². The molecular formula is C5H10O2S. The molecule has 0 aromatic carbocycles. The Labute approximate surface area is 53.3 Å². The molecule has 0 spiro atoms. The van der Waals surface area contributed by atoms with Crippen molar-refractivity contribution in [2.24, 2.45) is 5.92 Å². The van der Waals surface area contributed by atoms with E-state index < -0.39 is 5.97 Å². The Hall–Kier alpha value is -0.180. The van der Waals surface area contributed by atoms with Crippen LogP contribution >= 0.6 is 11.8 Å². The summed E-state index contributed by atoms with van der Waals surface area (Å²) in [6.45, 7) is 1.71. The molecule has 0 bridgehead atoms. The van der Waals surface area contributed by atoms with Gasteiger partial charge in [-0.05, 0) is 6.26 Å². The quantitative estimate of drug-likeness (QED) is 0.591. The zero-order valence-electron chi connectivity index (χ0n) is 5.05. The van der Waals surface area contributed by atoms with Crippen LogP contribution in [0.2, 0.25) is 0 Å². The fourth-order valence-electron chi connectivity index (χ4n) is 0.321. The van der Waals surface area contributed by atoms with Crippen LogP contribution in [-0.2, 0) is 4.79 Å². The first-order valence-electron chi connectivity index (χ1n) is 2.40. The van der Waals surface area contributed by atoms with Crippen molar-refractivity contribution in [2.45, 2.75) is 6.92 Å². The smallest absolute Gasteiger partial charge is 0.307 e. The number of aliphatic carboxylic acids is 1. The molecule has 0 fully saturated rings. The molecular weight excluding hydrogens is 127 g/mol. The number of carboxylic acids is 1. The topological polar surface area (TPSA) is 37.3 Å². The first kappa shape index (κ1) is 7.82. The summed E-state index contributed by atoms with van der Waals surface area (Å²) >= 11 is 1.56. The van der Waals surface area contributed by atoms with Gasteiger partial charge in [0, 0.05) is 5.75 Å². The summed E-state index contributed by atoms with van der Waals surface area (Å²) in [4.78, 5) is 10.1. The molecule has 0 aromatic heterocycles. The molecule has 1 unspecified atom stereocenters. The van der Waals surface area contributed by atoms with Gasteiger partial charge in [0.2, 0.25) is 0 Å². The minimum Gasteiger partial charge on any atom is -0.481 e. The Bertz CT molecular complexity index is 82.5. The van der Waals surface area contributed by atoms with Crippen LogP contribution in [0.15, 0.2) is 0 Å². The second kappa shape index (κ2) is 3.78. The lowest BCUT2D eigenvalue weighted by molar-refractivity contribution is -0.140. The van der Waals surface area contributed by atoms with E-state index in [2.05, 4.69) is 0 Å². The Morgan fingerprint density at radius 1 is 1.88 bits per heavy atom. The van der Waals surface area contributed by atoms with E-state index in [4.69, 9.17) is 5.11 Å². The van der Waals surface area contributed by atoms with E-state index in [9.17, 15) is 4.79 Å². The molecule has 0 saturated carbocycles. The molecule has 48 valence electrons. The number of hydrogen-bond acceptors (Lipinski definition) is 2. The molecule has 1 atom stereocenters. The van der Waals surface area contributed by atoms with Crippen LogP contribution in [0, 0.1) is 5.92 Å². The van der Waals surface area contributed by atoms with Gasteiger partial charge < -0.3 is 5.11 Å². The van der Waals surface area contributed by atoms with Gasteiger partial charge in [-0.3, -0.25) is 4.79 Å². The fourth-order valence-corrected chi connectivity index (χ4v) is 0.964. The van der Waals surface area contributed by atoms with E-state index in [1.807, 2.05) is 6.26 Å². The molecule has 8 heavy (non-hydrogen) atoms. The monoisotopic (exact) mass is 137 g/mol. The Morgan fingerprint density at radius 2 is 2.38 bits per heavy atom. The van der Waals surface area contributed by atoms with Crippen molar-refractivity contribution in [1.82, 2.24) is 0 Å². The number of carboxylic acid groups (broad SMARTS) is 1. The summed E-state index contributed by atoms with van der Waals surface area (Å²) in [5.41, 5.74) is 0. The third-order valence-corrected chi connectivity index (χ3v) is 1.67. The molecule has 2 nitrogen and oxygen atoms in total. The lowest BCUT2D eigenvalue weighted by Crippen LogP contribution is -2.11. The zero-order valence-corrected chi connectivity index (χ0v) is 5.86. The Balaban J connectivity index is 3.32. The molecule has 0 radical (unpaired) electrons. The maximum Gasteiger partial charge on any atom is 0.307 e. The van der Waals surface area contributed by atoms with E-state index in [0.717, 1.165) is 0 Å². The Morgan fingerprint density at radius 3 is 2.50 bits per heavy atom. The highest BCUT2D eigenvalue weighted by molar-refractivity contribution is 7.98. The predicted octanol–water partition coefficient (Wildman–Crippen LogP) is 1.07. The van der Waals surface area contributed by atoms with Crippen molar-refractivity contribution in [3.63, 3.8) is 0 Å². The van der Waals surface area contributed by atoms with Crippen molar-refractivity contribution >= 4 is 17.7 Å². The second-order valence-corrected chi connectivity index (χ2v) is 2.61. The highest BCUT2D eigenvalue weighted by atomic mass is 32.2. The van der Waals surface area contributed by atoms with Crippen molar-refractivity contribution in [3.05, 3.63) is 0 Å². The van der Waals surface area contributed by atoms with Gasteiger partial charge in [0.15, 0.2) is 0 Å². The number of thioether (sulfide) groups is 1. The van der Waals surface area contributed by atoms with E-state index >= 15 is 0 Å². The number of carbonyl (C=O) groups is 1. The predicted molar refractivity (Wildman–Crippen MR) is 35.2 cm³/mol. The fraction of sp³-hybridized carbons (Fsp3) is 0.800. The molecule has 0 saturated heterocycles. The Kier molecular flexibility index (Phi) is 3.69. The van der Waals surface area contributed by atoms with Gasteiger partial charge in [-0.15, -0.1) is 0 Å². The van der Waals surface area contributed by atoms with E-state index in [0.29, 0.717) is 5.75 Å². The van der Waals surface area contributed by atoms with Crippen LogP contribution in [0.3, 0.4) is 0 Å². The molecule has 0 heterocycles. The summed E-state index contributed by atoms with van der Waals surface area (Å²) in [6, 6.07) is 0. The average Bonchev–Trinajstić information content (AvgIpc) is 1.67. The molecule has 0 aromatic rings. The summed E-state index contributed by atoms with van der Waals surface area (Å²) in [5, 5.41) is 8.30. The summed E-state index contributed by atoms with van der Waals surface area (Å²) in [6.07, 6.45) is 1.90. The van der Waals surface area contributed by atoms with Crippen LogP contribution in [0.5, 0.6) is 0 Å². The van der Waals surface area contributed by atoms with Gasteiger partial charge in [0.1, 0.15) is 0 Å². The van der Waals surface area contributed by atoms with E-state index in [1.165, 1.54) is 0 Å². The molecule has 0 rings (SSSR count). The third kappa shape index (κ3) is 2.91. The lowest BCUT2D eigenvalue weighted by atomic mass is 11.0. The third-order valence-electron chi connectivity index (χ3n) is 0.838. The molecule has 0 aliphatic carbocycles. The molecule has 1 N–H and O–H groups in total. The maximum atomic E-state index is 10.1. The highest BCUT2D eigenvalue weighted by Gasteiger charge is 2.07. The van der Waals surface area contributed by atoms with Crippen LogP contribution < -0.4 is 0 Å². The van der Waals surface area contributed by atoms with Gasteiger partial charge in [0.25, 0.3) is 0 Å². The van der Waals surface area contributed by atoms with Crippen LogP contribution in [0.25, 0.3) is 0 Å². The summed E-state index contributed by atoms with van der Waals surface area (Å²) in [7, 11) is 0. The van der Waals surface area contributed by atoms with Gasteiger partial charge >= 0.3 is 5.97 Å². The summed E-state index contributed by atoms with van der Waals surface area (Å²) in [5.74, 6) is -0.209. The highest BCUT2D eigenvalue weighted by Crippen LogP contribution is 2.02. The van der Waals surface area contributed by atoms with E-state index in [-0.39, 0.29) is 5.92 Å². The first-order valence-corrected chi connectivity index (χ1v) is 3.79. The van der Waals surface area contributed by atoms with Crippen LogP contribution in [-0.4, -0.2) is 23.1 Å². The van der Waals surface area contributed by atoms with Gasteiger partial charge in [-0.2, -0.15) is 11.8 Å². The lowest BCUT2D eigenvalue weighted by Gasteiger charge is -1.99. The van der Waals surface area contributed by atoms with Crippen molar-refractivity contribution in [1.29, 1.82) is 0 Å². The standard InChI is InChI=1S/C5H10O2S/c1-4(3-8-2)5(6)7/h4H,3H2,1-2H3,(H,6,7)/i3+1,4+1,5+1. The molecule has 0 aliphatic rings. The molecule has 3 heteroatoms.